The van der Waals surface area contributed by atoms with Crippen LogP contribution in [0.5, 0.6) is 0 Å². The molecule has 0 radical (unpaired) electrons. The summed E-state index contributed by atoms with van der Waals surface area (Å²) >= 11 is 0. The molecule has 1 aliphatic heterocycles. The number of amides is 1. The van der Waals surface area contributed by atoms with E-state index in [9.17, 15) is 9.59 Å². The summed E-state index contributed by atoms with van der Waals surface area (Å²) in [4.78, 5) is 24.7. The standard InChI is InChI=1S/C17H19NO3/c1-2-9-5-3-4-6-12(9)18-16(19)14-10-7-11-13(8-10)21-17(20)15(11)14/h3-6,10-11,13-15H,2,7-8H2,1H3,(H,18,19)/t10-,11-,13-,14-,15+/m1/s1. The maximum absolute atomic E-state index is 12.7. The fourth-order valence-electron chi connectivity index (χ4n) is 4.53. The van der Waals surface area contributed by atoms with E-state index in [1.54, 1.807) is 0 Å². The maximum atomic E-state index is 12.7. The zero-order chi connectivity index (χ0) is 14.6. The summed E-state index contributed by atoms with van der Waals surface area (Å²) in [6.45, 7) is 2.07. The Kier molecular flexibility index (Phi) is 2.81. The Balaban J connectivity index is 1.57. The van der Waals surface area contributed by atoms with E-state index in [-0.39, 0.29) is 35.7 Å². The number of nitrogens with one attached hydrogen (secondary N) is 1. The molecule has 1 aromatic rings. The van der Waals surface area contributed by atoms with Crippen LogP contribution >= 0.6 is 0 Å². The van der Waals surface area contributed by atoms with Gasteiger partial charge >= 0.3 is 5.97 Å². The molecule has 1 saturated heterocycles. The number of carbonyl (C=O) groups excluding carboxylic acids is 2. The number of anilines is 1. The van der Waals surface area contributed by atoms with Crippen molar-refractivity contribution < 1.29 is 14.3 Å². The molecule has 4 nitrogen and oxygen atoms in total. The quantitative estimate of drug-likeness (QED) is 0.868. The highest BCUT2D eigenvalue weighted by Gasteiger charge is 2.63. The summed E-state index contributed by atoms with van der Waals surface area (Å²) in [6, 6.07) is 7.86. The molecule has 2 aliphatic carbocycles. The van der Waals surface area contributed by atoms with Gasteiger partial charge in [0.15, 0.2) is 0 Å². The van der Waals surface area contributed by atoms with E-state index in [1.165, 1.54) is 0 Å². The third-order valence-electron chi connectivity index (χ3n) is 5.44. The zero-order valence-electron chi connectivity index (χ0n) is 12.0. The van der Waals surface area contributed by atoms with E-state index >= 15 is 0 Å². The van der Waals surface area contributed by atoms with Gasteiger partial charge in [0.25, 0.3) is 0 Å². The third kappa shape index (κ3) is 1.81. The highest BCUT2D eigenvalue weighted by molar-refractivity contribution is 5.97. The summed E-state index contributed by atoms with van der Waals surface area (Å²) in [6.07, 6.45) is 2.79. The van der Waals surface area contributed by atoms with Gasteiger partial charge in [-0.05, 0) is 36.8 Å². The van der Waals surface area contributed by atoms with Crippen molar-refractivity contribution in [3.8, 4) is 0 Å². The first-order valence-corrected chi connectivity index (χ1v) is 7.78. The van der Waals surface area contributed by atoms with Gasteiger partial charge in [0.1, 0.15) is 6.10 Å². The molecule has 1 amide bonds. The first-order chi connectivity index (χ1) is 10.2. The number of fused-ring (bicyclic) bond motifs is 1. The second-order valence-corrected chi connectivity index (χ2v) is 6.42. The second kappa shape index (κ2) is 4.58. The van der Waals surface area contributed by atoms with Crippen LogP contribution in [0.3, 0.4) is 0 Å². The van der Waals surface area contributed by atoms with Gasteiger partial charge in [0.05, 0.1) is 11.8 Å². The molecule has 4 rings (SSSR count). The van der Waals surface area contributed by atoms with Crippen LogP contribution in [0.15, 0.2) is 24.3 Å². The topological polar surface area (TPSA) is 55.4 Å². The SMILES string of the molecule is CCc1ccccc1NC(=O)[C@@H]1[C@@H]2C[C@H]3[C@@H]1C(=O)O[C@@H]3C2. The van der Waals surface area contributed by atoms with Gasteiger partial charge < -0.3 is 10.1 Å². The molecule has 2 bridgehead atoms. The Labute approximate surface area is 123 Å². The Bertz CT molecular complexity index is 610. The first kappa shape index (κ1) is 12.9. The largest absolute Gasteiger partial charge is 0.462 e. The van der Waals surface area contributed by atoms with Crippen molar-refractivity contribution in [3.63, 3.8) is 0 Å². The van der Waals surface area contributed by atoms with Crippen LogP contribution < -0.4 is 5.32 Å². The maximum Gasteiger partial charge on any atom is 0.310 e. The van der Waals surface area contributed by atoms with Crippen LogP contribution in [0, 0.1) is 23.7 Å². The van der Waals surface area contributed by atoms with Gasteiger partial charge in [0, 0.05) is 11.6 Å². The lowest BCUT2D eigenvalue weighted by molar-refractivity contribution is -0.145. The van der Waals surface area contributed by atoms with E-state index in [1.807, 2.05) is 24.3 Å². The average molecular weight is 285 g/mol. The smallest absolute Gasteiger partial charge is 0.310 e. The molecule has 1 N–H and O–H groups in total. The molecular weight excluding hydrogens is 266 g/mol. The Morgan fingerprint density at radius 2 is 2.14 bits per heavy atom. The number of hydrogen-bond acceptors (Lipinski definition) is 3. The van der Waals surface area contributed by atoms with Crippen LogP contribution in [-0.2, 0) is 20.7 Å². The van der Waals surface area contributed by atoms with Crippen LogP contribution in [-0.4, -0.2) is 18.0 Å². The van der Waals surface area contributed by atoms with Crippen molar-refractivity contribution in [3.05, 3.63) is 29.8 Å². The normalized spacial score (nSPS) is 35.9. The fourth-order valence-corrected chi connectivity index (χ4v) is 4.53. The summed E-state index contributed by atoms with van der Waals surface area (Å²) < 4.78 is 5.40. The molecule has 1 aromatic carbocycles. The van der Waals surface area contributed by atoms with Crippen molar-refractivity contribution in [1.29, 1.82) is 0 Å². The van der Waals surface area contributed by atoms with Crippen LogP contribution in [0.2, 0.25) is 0 Å². The van der Waals surface area contributed by atoms with Crippen molar-refractivity contribution in [2.24, 2.45) is 23.7 Å². The number of rotatable bonds is 3. The minimum absolute atomic E-state index is 0.00861. The Hall–Kier alpha value is -1.84. The van der Waals surface area contributed by atoms with Crippen LogP contribution in [0.1, 0.15) is 25.3 Å². The number of carbonyl (C=O) groups is 2. The molecule has 1 heterocycles. The van der Waals surface area contributed by atoms with E-state index in [4.69, 9.17) is 4.74 Å². The lowest BCUT2D eigenvalue weighted by atomic mass is 9.79. The molecule has 4 heteroatoms. The Morgan fingerprint density at radius 3 is 2.95 bits per heavy atom. The molecule has 0 unspecified atom stereocenters. The van der Waals surface area contributed by atoms with Crippen molar-refractivity contribution in [2.75, 3.05) is 5.32 Å². The molecule has 2 saturated carbocycles. The predicted octanol–water partition coefficient (Wildman–Crippen LogP) is 2.39. The monoisotopic (exact) mass is 285 g/mol. The highest BCUT2D eigenvalue weighted by Crippen LogP contribution is 2.57. The van der Waals surface area contributed by atoms with E-state index in [0.29, 0.717) is 5.92 Å². The number of hydrogen-bond donors (Lipinski definition) is 1. The number of aryl methyl sites for hydroxylation is 1. The second-order valence-electron chi connectivity index (χ2n) is 6.42. The summed E-state index contributed by atoms with van der Waals surface area (Å²) in [5.74, 6) is 0.0123. The molecule has 3 aliphatic rings. The third-order valence-corrected chi connectivity index (χ3v) is 5.44. The minimum atomic E-state index is -0.206. The number of ether oxygens (including phenoxy) is 1. The van der Waals surface area contributed by atoms with Crippen LogP contribution in [0.25, 0.3) is 0 Å². The molecule has 110 valence electrons. The number of benzene rings is 1. The van der Waals surface area contributed by atoms with Gasteiger partial charge in [0.2, 0.25) is 5.91 Å². The summed E-state index contributed by atoms with van der Waals surface area (Å²) in [5, 5.41) is 3.04. The van der Waals surface area contributed by atoms with Crippen molar-refractivity contribution in [1.82, 2.24) is 0 Å². The molecular formula is C17H19NO3. The van der Waals surface area contributed by atoms with E-state index in [2.05, 4.69) is 12.2 Å². The summed E-state index contributed by atoms with van der Waals surface area (Å²) in [5.41, 5.74) is 2.00. The number of para-hydroxylation sites is 1. The van der Waals surface area contributed by atoms with Crippen molar-refractivity contribution >= 4 is 17.6 Å². The van der Waals surface area contributed by atoms with Gasteiger partial charge in [-0.3, -0.25) is 9.59 Å². The van der Waals surface area contributed by atoms with Crippen molar-refractivity contribution in [2.45, 2.75) is 32.3 Å². The predicted molar refractivity (Wildman–Crippen MR) is 77.5 cm³/mol. The average Bonchev–Trinajstić information content (AvgIpc) is 3.09. The van der Waals surface area contributed by atoms with Gasteiger partial charge in [-0.25, -0.2) is 0 Å². The minimum Gasteiger partial charge on any atom is -0.462 e. The molecule has 0 spiro atoms. The van der Waals surface area contributed by atoms with E-state index < -0.39 is 0 Å². The lowest BCUT2D eigenvalue weighted by Crippen LogP contribution is -2.36. The van der Waals surface area contributed by atoms with E-state index in [0.717, 1.165) is 30.5 Å². The number of esters is 1. The van der Waals surface area contributed by atoms with Gasteiger partial charge in [-0.1, -0.05) is 25.1 Å². The van der Waals surface area contributed by atoms with Crippen LogP contribution in [0.4, 0.5) is 5.69 Å². The lowest BCUT2D eigenvalue weighted by Gasteiger charge is -2.24. The highest BCUT2D eigenvalue weighted by atomic mass is 16.6. The fraction of sp³-hybridized carbons (Fsp3) is 0.529. The summed E-state index contributed by atoms with van der Waals surface area (Å²) in [7, 11) is 0. The molecule has 5 atom stereocenters. The zero-order valence-corrected chi connectivity index (χ0v) is 12.0. The molecule has 3 fully saturated rings. The molecule has 21 heavy (non-hydrogen) atoms. The van der Waals surface area contributed by atoms with Gasteiger partial charge in [-0.2, -0.15) is 0 Å². The first-order valence-electron chi connectivity index (χ1n) is 7.78. The van der Waals surface area contributed by atoms with Gasteiger partial charge in [-0.15, -0.1) is 0 Å². The Morgan fingerprint density at radius 1 is 1.33 bits per heavy atom. The molecule has 0 aromatic heterocycles.